The maximum absolute atomic E-state index is 13.0. The minimum Gasteiger partial charge on any atom is -0.507 e. The Morgan fingerprint density at radius 3 is 2.49 bits per heavy atom. The number of piperidine rings is 2. The van der Waals surface area contributed by atoms with Gasteiger partial charge in [-0.2, -0.15) is 5.10 Å². The van der Waals surface area contributed by atoms with Crippen molar-refractivity contribution in [2.75, 3.05) is 25.4 Å². The van der Waals surface area contributed by atoms with E-state index < -0.39 is 11.9 Å². The van der Waals surface area contributed by atoms with Crippen molar-refractivity contribution in [1.82, 2.24) is 39.3 Å². The highest BCUT2D eigenvalue weighted by atomic mass is 16.3. The molecule has 0 saturated carbocycles. The Kier molecular flexibility index (Phi) is 9.98. The number of aromatic nitrogens is 6. The molecule has 4 N–H and O–H groups in total. The summed E-state index contributed by atoms with van der Waals surface area (Å²) in [7, 11) is 1.74. The second kappa shape index (κ2) is 14.9. The van der Waals surface area contributed by atoms with Crippen molar-refractivity contribution in [3.63, 3.8) is 0 Å². The highest BCUT2D eigenvalue weighted by Gasteiger charge is 2.31. The van der Waals surface area contributed by atoms with Crippen LogP contribution in [-0.2, 0) is 23.1 Å². The molecule has 0 radical (unpaired) electrons. The van der Waals surface area contributed by atoms with Crippen LogP contribution in [0.5, 0.6) is 5.75 Å². The summed E-state index contributed by atoms with van der Waals surface area (Å²) in [5.74, 6) is -0.222. The van der Waals surface area contributed by atoms with Crippen LogP contribution in [0.1, 0.15) is 75.4 Å². The summed E-state index contributed by atoms with van der Waals surface area (Å²) < 4.78 is 5.19. The molecule has 1 atom stereocenters. The van der Waals surface area contributed by atoms with Crippen LogP contribution in [-0.4, -0.2) is 70.6 Å². The SMILES string of the molecule is Cn1c(=O)n(C2CCC(=O)NC2=O)c2ccc(CCCCCCCN3CCC(n4cc(-c5cc(-c6ccccc6O)nnc5N)cn4)CC3)cc21. The van der Waals surface area contributed by atoms with Gasteiger partial charge < -0.3 is 15.7 Å². The number of phenolic OH excluding ortho intramolecular Hbond substituents is 1. The molecule has 2 amide bonds. The highest BCUT2D eigenvalue weighted by Crippen LogP contribution is 2.33. The van der Waals surface area contributed by atoms with Crippen LogP contribution in [0.3, 0.4) is 0 Å². The number of imidazole rings is 1. The molecule has 0 spiro atoms. The number of nitrogen functional groups attached to an aromatic ring is 1. The van der Waals surface area contributed by atoms with Gasteiger partial charge in [-0.05, 0) is 81.0 Å². The van der Waals surface area contributed by atoms with E-state index in [1.807, 2.05) is 30.6 Å². The molecular weight excluding hydrogens is 646 g/mol. The van der Waals surface area contributed by atoms with E-state index in [2.05, 4.69) is 42.3 Å². The van der Waals surface area contributed by atoms with Gasteiger partial charge in [0.1, 0.15) is 11.8 Å². The molecular formula is C38H45N9O4. The number of unbranched alkanes of at least 4 members (excludes halogenated alkanes) is 4. The number of hydrogen-bond donors (Lipinski definition) is 3. The zero-order chi connectivity index (χ0) is 35.5. The van der Waals surface area contributed by atoms with Crippen molar-refractivity contribution in [3.05, 3.63) is 77.0 Å². The van der Waals surface area contributed by atoms with Crippen LogP contribution in [0.4, 0.5) is 5.82 Å². The largest absolute Gasteiger partial charge is 0.507 e. The summed E-state index contributed by atoms with van der Waals surface area (Å²) in [6.45, 7) is 3.21. The van der Waals surface area contributed by atoms with E-state index in [0.717, 1.165) is 73.9 Å². The van der Waals surface area contributed by atoms with Gasteiger partial charge >= 0.3 is 5.69 Å². The number of likely N-dealkylation sites (tertiary alicyclic amines) is 1. The van der Waals surface area contributed by atoms with E-state index in [-0.39, 0.29) is 23.8 Å². The number of anilines is 1. The van der Waals surface area contributed by atoms with Crippen molar-refractivity contribution >= 4 is 28.7 Å². The number of fused-ring (bicyclic) bond motifs is 1. The van der Waals surface area contributed by atoms with E-state index in [0.29, 0.717) is 29.5 Å². The van der Waals surface area contributed by atoms with Crippen molar-refractivity contribution in [2.24, 2.45) is 7.05 Å². The number of rotatable bonds is 12. The van der Waals surface area contributed by atoms with Gasteiger partial charge in [0.05, 0.1) is 29.0 Å². The molecule has 3 aromatic heterocycles. The first-order valence-electron chi connectivity index (χ1n) is 18.0. The fourth-order valence-corrected chi connectivity index (χ4v) is 7.53. The number of nitrogens with zero attached hydrogens (tertiary/aromatic N) is 7. The summed E-state index contributed by atoms with van der Waals surface area (Å²) >= 11 is 0. The Morgan fingerprint density at radius 1 is 0.902 bits per heavy atom. The zero-order valence-electron chi connectivity index (χ0n) is 29.0. The van der Waals surface area contributed by atoms with Crippen molar-refractivity contribution in [1.29, 1.82) is 0 Å². The Bertz CT molecular complexity index is 2110. The van der Waals surface area contributed by atoms with Gasteiger partial charge in [0.2, 0.25) is 11.8 Å². The van der Waals surface area contributed by atoms with Gasteiger partial charge in [0.15, 0.2) is 5.82 Å². The Balaban J connectivity index is 0.834. The number of hydrogen-bond acceptors (Lipinski definition) is 9. The van der Waals surface area contributed by atoms with Gasteiger partial charge in [-0.25, -0.2) is 4.79 Å². The van der Waals surface area contributed by atoms with Crippen LogP contribution >= 0.6 is 0 Å². The Labute approximate surface area is 296 Å². The zero-order valence-corrected chi connectivity index (χ0v) is 29.0. The van der Waals surface area contributed by atoms with Crippen LogP contribution in [0.25, 0.3) is 33.4 Å². The number of carbonyl (C=O) groups is 2. The van der Waals surface area contributed by atoms with Crippen LogP contribution in [0.2, 0.25) is 0 Å². The number of carbonyl (C=O) groups excluding carboxylic acids is 2. The standard InChI is InChI=1S/C38H45N9O4/c1-44-33-21-25(12-13-31(33)47(38(44)51)32-14-15-35(49)41-37(32)50)9-5-3-2-4-8-18-45-19-16-27(17-20-45)46-24-26(23-40-46)29-22-30(42-43-36(29)39)28-10-6-7-11-34(28)48/h6-7,10-13,21-24,27,32,48H,2-5,8-9,14-20H2,1H3,(H2,39,43)(H,41,49,50). The summed E-state index contributed by atoms with van der Waals surface area (Å²) in [4.78, 5) is 39.7. The first-order chi connectivity index (χ1) is 24.8. The lowest BCUT2D eigenvalue weighted by molar-refractivity contribution is -0.135. The molecule has 13 heteroatoms. The number of phenols is 1. The molecule has 266 valence electrons. The molecule has 2 aliphatic rings. The molecule has 5 heterocycles. The van der Waals surface area contributed by atoms with E-state index in [1.165, 1.54) is 29.4 Å². The maximum atomic E-state index is 13.0. The predicted octanol–water partition coefficient (Wildman–Crippen LogP) is 4.76. The topological polar surface area (TPSA) is 166 Å². The Hall–Kier alpha value is -5.30. The third-order valence-electron chi connectivity index (χ3n) is 10.5. The number of benzene rings is 2. The second-order valence-electron chi connectivity index (χ2n) is 13.8. The van der Waals surface area contributed by atoms with E-state index in [4.69, 9.17) is 5.73 Å². The van der Waals surface area contributed by atoms with Gasteiger partial charge in [0, 0.05) is 49.4 Å². The monoisotopic (exact) mass is 691 g/mol. The number of amides is 2. The fourth-order valence-electron chi connectivity index (χ4n) is 7.53. The number of aromatic hydroxyl groups is 1. The average molecular weight is 692 g/mol. The second-order valence-corrected chi connectivity index (χ2v) is 13.8. The number of imide groups is 1. The fraction of sp³-hybridized carbons (Fsp3) is 0.421. The molecule has 7 rings (SSSR count). The van der Waals surface area contributed by atoms with Crippen LogP contribution in [0.15, 0.2) is 65.7 Å². The van der Waals surface area contributed by atoms with Crippen molar-refractivity contribution < 1.29 is 14.7 Å². The molecule has 13 nitrogen and oxygen atoms in total. The molecule has 0 bridgehead atoms. The van der Waals surface area contributed by atoms with Crippen LogP contribution < -0.4 is 16.7 Å². The van der Waals surface area contributed by atoms with Gasteiger partial charge in [-0.3, -0.25) is 28.7 Å². The number of para-hydroxylation sites is 1. The molecule has 2 aromatic carbocycles. The first-order valence-corrected chi connectivity index (χ1v) is 18.0. The lowest BCUT2D eigenvalue weighted by atomic mass is 10.0. The normalized spacial score (nSPS) is 17.3. The minimum atomic E-state index is -0.662. The summed E-state index contributed by atoms with van der Waals surface area (Å²) in [5.41, 5.74) is 11.5. The van der Waals surface area contributed by atoms with E-state index >= 15 is 0 Å². The lowest BCUT2D eigenvalue weighted by Gasteiger charge is -2.32. The predicted molar refractivity (Wildman–Crippen MR) is 195 cm³/mol. The highest BCUT2D eigenvalue weighted by molar-refractivity contribution is 6.00. The number of nitrogens with one attached hydrogen (secondary N) is 1. The third kappa shape index (κ3) is 7.29. The number of nitrogens with two attached hydrogens (primary N) is 1. The smallest absolute Gasteiger partial charge is 0.329 e. The van der Waals surface area contributed by atoms with Crippen molar-refractivity contribution in [3.8, 4) is 28.1 Å². The van der Waals surface area contributed by atoms with E-state index in [9.17, 15) is 19.5 Å². The lowest BCUT2D eigenvalue weighted by Crippen LogP contribution is -2.44. The van der Waals surface area contributed by atoms with Crippen molar-refractivity contribution in [2.45, 2.75) is 76.3 Å². The molecule has 0 aliphatic carbocycles. The average Bonchev–Trinajstić information content (AvgIpc) is 3.71. The molecule has 2 saturated heterocycles. The van der Waals surface area contributed by atoms with Gasteiger partial charge in [0.25, 0.3) is 0 Å². The minimum absolute atomic E-state index is 0.147. The summed E-state index contributed by atoms with van der Waals surface area (Å²) in [6.07, 6.45) is 13.3. The molecule has 2 aliphatic heterocycles. The van der Waals surface area contributed by atoms with Crippen LogP contribution in [0, 0.1) is 0 Å². The van der Waals surface area contributed by atoms with E-state index in [1.54, 1.807) is 29.8 Å². The first kappa shape index (κ1) is 34.2. The molecule has 5 aromatic rings. The maximum Gasteiger partial charge on any atom is 0.329 e. The van der Waals surface area contributed by atoms with Gasteiger partial charge in [-0.1, -0.05) is 37.5 Å². The summed E-state index contributed by atoms with van der Waals surface area (Å²) in [5, 5.41) is 25.7. The third-order valence-corrected chi connectivity index (χ3v) is 10.5. The Morgan fingerprint density at radius 2 is 1.69 bits per heavy atom. The van der Waals surface area contributed by atoms with Gasteiger partial charge in [-0.15, -0.1) is 10.2 Å². The quantitative estimate of drug-likeness (QED) is 0.124. The number of aryl methyl sites for hydroxylation is 2. The molecule has 2 fully saturated rings. The molecule has 51 heavy (non-hydrogen) atoms. The summed E-state index contributed by atoms with van der Waals surface area (Å²) in [6, 6.07) is 14.6. The molecule has 1 unspecified atom stereocenters.